The highest BCUT2D eigenvalue weighted by atomic mass is 32.1. The Bertz CT molecular complexity index is 1100. The average Bonchev–Trinajstić information content (AvgIpc) is 3.28. The van der Waals surface area contributed by atoms with Gasteiger partial charge in [-0.25, -0.2) is 15.0 Å². The molecule has 0 amide bonds. The number of aromatic nitrogens is 5. The number of hydrogen-bond donors (Lipinski definition) is 2. The first-order valence-electron chi connectivity index (χ1n) is 11.0. The Morgan fingerprint density at radius 3 is 2.73 bits per heavy atom. The van der Waals surface area contributed by atoms with E-state index in [-0.39, 0.29) is 6.10 Å². The second-order valence-corrected chi connectivity index (χ2v) is 9.48. The van der Waals surface area contributed by atoms with E-state index in [1.807, 2.05) is 13.1 Å². The molecule has 1 aliphatic heterocycles. The van der Waals surface area contributed by atoms with Crippen LogP contribution in [0.5, 0.6) is 11.9 Å². The average molecular weight is 470 g/mol. The molecule has 3 aromatic heterocycles. The van der Waals surface area contributed by atoms with Crippen LogP contribution in [-0.4, -0.2) is 58.4 Å². The molecule has 1 saturated heterocycles. The highest BCUT2D eigenvalue weighted by molar-refractivity contribution is 7.18. The van der Waals surface area contributed by atoms with Crippen molar-refractivity contribution in [2.45, 2.75) is 38.3 Å². The molecule has 0 radical (unpaired) electrons. The van der Waals surface area contributed by atoms with Crippen molar-refractivity contribution in [1.82, 2.24) is 30.2 Å². The normalized spacial score (nSPS) is 17.5. The molecule has 2 N–H and O–H groups in total. The van der Waals surface area contributed by atoms with Gasteiger partial charge in [0.25, 0.3) is 0 Å². The third kappa shape index (κ3) is 4.90. The van der Waals surface area contributed by atoms with Crippen LogP contribution < -0.4 is 20.1 Å². The zero-order chi connectivity index (χ0) is 22.7. The highest BCUT2D eigenvalue weighted by Gasteiger charge is 2.42. The van der Waals surface area contributed by atoms with Crippen molar-refractivity contribution in [2.75, 3.05) is 32.7 Å². The van der Waals surface area contributed by atoms with E-state index in [1.165, 1.54) is 11.3 Å². The van der Waals surface area contributed by atoms with Gasteiger partial charge in [-0.15, -0.1) is 0 Å². The number of hydrogen-bond acceptors (Lipinski definition) is 11. The maximum absolute atomic E-state index is 6.10. The van der Waals surface area contributed by atoms with Gasteiger partial charge in [-0.05, 0) is 38.8 Å². The summed E-state index contributed by atoms with van der Waals surface area (Å²) >= 11 is 1.46. The quantitative estimate of drug-likeness (QED) is 0.509. The Hall–Kier alpha value is -2.89. The van der Waals surface area contributed by atoms with E-state index in [2.05, 4.69) is 35.6 Å². The van der Waals surface area contributed by atoms with Crippen LogP contribution in [0.4, 0.5) is 11.1 Å². The molecule has 2 fully saturated rings. The van der Waals surface area contributed by atoms with E-state index in [0.717, 1.165) is 55.0 Å². The maximum atomic E-state index is 6.10. The van der Waals surface area contributed by atoms with Crippen LogP contribution in [0.15, 0.2) is 24.7 Å². The van der Waals surface area contributed by atoms with Gasteiger partial charge in [0.05, 0.1) is 30.9 Å². The van der Waals surface area contributed by atoms with E-state index in [0.29, 0.717) is 34.9 Å². The number of rotatable bonds is 8. The van der Waals surface area contributed by atoms with Crippen molar-refractivity contribution in [2.24, 2.45) is 5.41 Å². The summed E-state index contributed by atoms with van der Waals surface area (Å²) in [5.41, 5.74) is 2.05. The van der Waals surface area contributed by atoms with Crippen molar-refractivity contribution in [1.29, 1.82) is 0 Å². The van der Waals surface area contributed by atoms with Gasteiger partial charge < -0.3 is 19.5 Å². The largest absolute Gasteiger partial charge is 0.481 e. The van der Waals surface area contributed by atoms with Crippen LogP contribution in [0.2, 0.25) is 0 Å². The van der Waals surface area contributed by atoms with E-state index in [9.17, 15) is 0 Å². The molecule has 0 aromatic carbocycles. The van der Waals surface area contributed by atoms with Gasteiger partial charge in [-0.2, -0.15) is 9.97 Å². The molecule has 3 aromatic rings. The minimum Gasteiger partial charge on any atom is -0.481 e. The molecule has 33 heavy (non-hydrogen) atoms. The van der Waals surface area contributed by atoms with Crippen LogP contribution in [0, 0.1) is 5.41 Å². The summed E-state index contributed by atoms with van der Waals surface area (Å²) in [6.45, 7) is 2.41. The molecular weight excluding hydrogens is 442 g/mol. The lowest BCUT2D eigenvalue weighted by Gasteiger charge is -2.45. The van der Waals surface area contributed by atoms with Crippen LogP contribution in [0.25, 0.3) is 10.6 Å². The number of nitrogens with one attached hydrogen (secondary N) is 2. The number of methoxy groups -OCH3 is 1. The molecule has 0 atom stereocenters. The molecule has 1 spiro atoms. The molecule has 1 saturated carbocycles. The summed E-state index contributed by atoms with van der Waals surface area (Å²) in [6, 6.07) is 2.27. The van der Waals surface area contributed by atoms with Crippen LogP contribution >= 0.6 is 11.3 Å². The van der Waals surface area contributed by atoms with Crippen LogP contribution in [0.1, 0.15) is 31.2 Å². The van der Waals surface area contributed by atoms with E-state index < -0.39 is 0 Å². The first kappa shape index (κ1) is 21.9. The van der Waals surface area contributed by atoms with Gasteiger partial charge in [0.15, 0.2) is 5.13 Å². The fourth-order valence-corrected chi connectivity index (χ4v) is 4.95. The Balaban J connectivity index is 1.23. The van der Waals surface area contributed by atoms with Gasteiger partial charge in [0, 0.05) is 36.1 Å². The Kier molecular flexibility index (Phi) is 6.34. The molecule has 174 valence electrons. The van der Waals surface area contributed by atoms with Crippen LogP contribution in [0.3, 0.4) is 0 Å². The lowest BCUT2D eigenvalue weighted by Crippen LogP contribution is -2.46. The third-order valence-corrected chi connectivity index (χ3v) is 7.01. The molecule has 0 bridgehead atoms. The fraction of sp³-hybridized carbons (Fsp3) is 0.500. The van der Waals surface area contributed by atoms with Gasteiger partial charge in [-0.3, -0.25) is 5.32 Å². The van der Waals surface area contributed by atoms with Crippen molar-refractivity contribution >= 4 is 22.4 Å². The topological polar surface area (TPSA) is 116 Å². The standard InChI is InChI=1S/C22H27N7O3S/c1-23-9-14-10-25-19(28-18(14)30-2)29-21-26-11-17(33-21)16-5-8-24-20(27-16)32-15-3-6-22(7-4-15)12-31-13-22/h5,8,10-11,15,23H,3-4,6-7,9,12-13H2,1-2H3,(H,25,26,28,29). The second-order valence-electron chi connectivity index (χ2n) is 8.45. The molecule has 10 nitrogen and oxygen atoms in total. The number of anilines is 2. The maximum Gasteiger partial charge on any atom is 0.317 e. The fourth-order valence-electron chi connectivity index (χ4n) is 4.17. The minimum atomic E-state index is 0.156. The highest BCUT2D eigenvalue weighted by Crippen LogP contribution is 2.43. The first-order chi connectivity index (χ1) is 16.2. The molecule has 5 rings (SSSR count). The van der Waals surface area contributed by atoms with Crippen LogP contribution in [-0.2, 0) is 11.3 Å². The monoisotopic (exact) mass is 469 g/mol. The van der Waals surface area contributed by atoms with Crippen molar-refractivity contribution in [3.63, 3.8) is 0 Å². The smallest absolute Gasteiger partial charge is 0.317 e. The molecule has 11 heteroatoms. The predicted octanol–water partition coefficient (Wildman–Crippen LogP) is 3.20. The first-order valence-corrected chi connectivity index (χ1v) is 11.8. The Morgan fingerprint density at radius 2 is 2.00 bits per heavy atom. The summed E-state index contributed by atoms with van der Waals surface area (Å²) in [5.74, 6) is 0.945. The zero-order valence-electron chi connectivity index (χ0n) is 18.7. The van der Waals surface area contributed by atoms with Crippen molar-refractivity contribution < 1.29 is 14.2 Å². The molecule has 4 heterocycles. The van der Waals surface area contributed by atoms with E-state index in [1.54, 1.807) is 25.7 Å². The lowest BCUT2D eigenvalue weighted by molar-refractivity contribution is -0.140. The molecule has 1 aliphatic carbocycles. The zero-order valence-corrected chi connectivity index (χ0v) is 19.5. The number of ether oxygens (including phenoxy) is 3. The lowest BCUT2D eigenvalue weighted by atomic mass is 9.72. The summed E-state index contributed by atoms with van der Waals surface area (Å²) in [6.07, 6.45) is 9.70. The Labute approximate surface area is 196 Å². The van der Waals surface area contributed by atoms with E-state index >= 15 is 0 Å². The number of nitrogens with zero attached hydrogens (tertiary/aromatic N) is 5. The second kappa shape index (κ2) is 9.54. The summed E-state index contributed by atoms with van der Waals surface area (Å²) in [7, 11) is 3.45. The van der Waals surface area contributed by atoms with Gasteiger partial charge in [0.2, 0.25) is 11.8 Å². The summed E-state index contributed by atoms with van der Waals surface area (Å²) < 4.78 is 16.9. The summed E-state index contributed by atoms with van der Waals surface area (Å²) in [5, 5.41) is 6.87. The Morgan fingerprint density at radius 1 is 1.15 bits per heavy atom. The third-order valence-electron chi connectivity index (χ3n) is 6.08. The predicted molar refractivity (Wildman–Crippen MR) is 124 cm³/mol. The molecule has 0 unspecified atom stereocenters. The van der Waals surface area contributed by atoms with Crippen molar-refractivity contribution in [3.8, 4) is 22.5 Å². The molecule has 2 aliphatic rings. The van der Waals surface area contributed by atoms with E-state index in [4.69, 9.17) is 14.2 Å². The van der Waals surface area contributed by atoms with Gasteiger partial charge in [0.1, 0.15) is 6.10 Å². The van der Waals surface area contributed by atoms with Gasteiger partial charge >= 0.3 is 6.01 Å². The van der Waals surface area contributed by atoms with Crippen molar-refractivity contribution in [3.05, 3.63) is 30.2 Å². The van der Waals surface area contributed by atoms with Gasteiger partial charge in [-0.1, -0.05) is 11.3 Å². The summed E-state index contributed by atoms with van der Waals surface area (Å²) in [4.78, 5) is 23.0. The minimum absolute atomic E-state index is 0.156. The SMILES string of the molecule is CNCc1cnc(Nc2ncc(-c3ccnc(OC4CCC5(CC4)COC5)n3)s2)nc1OC. The number of thiazole rings is 1. The molecular formula is C22H27N7O3S.